The van der Waals surface area contributed by atoms with E-state index in [1.807, 2.05) is 37.1 Å². The molecule has 17 heavy (non-hydrogen) atoms. The quantitative estimate of drug-likeness (QED) is 0.765. The highest BCUT2D eigenvalue weighted by Crippen LogP contribution is 2.14. The maximum Gasteiger partial charge on any atom is 0.215 e. The lowest BCUT2D eigenvalue weighted by Gasteiger charge is -2.22. The standard InChI is InChI=1S/C12H21N3O2/c1-4-17-12-7-5-6-11(14-12)15(2)8-10(13)9-16-3/h5-7,10H,4,8-9,13H2,1-3H3. The van der Waals surface area contributed by atoms with Crippen LogP contribution in [0.4, 0.5) is 5.82 Å². The Hall–Kier alpha value is -1.33. The molecule has 2 N–H and O–H groups in total. The van der Waals surface area contributed by atoms with Gasteiger partial charge in [-0.1, -0.05) is 6.07 Å². The number of anilines is 1. The summed E-state index contributed by atoms with van der Waals surface area (Å²) >= 11 is 0. The smallest absolute Gasteiger partial charge is 0.215 e. The van der Waals surface area contributed by atoms with E-state index in [2.05, 4.69) is 4.98 Å². The van der Waals surface area contributed by atoms with E-state index in [-0.39, 0.29) is 6.04 Å². The molecule has 0 saturated carbocycles. The van der Waals surface area contributed by atoms with Gasteiger partial charge in [0.05, 0.1) is 13.2 Å². The molecule has 0 bridgehead atoms. The van der Waals surface area contributed by atoms with Gasteiger partial charge in [0.2, 0.25) is 5.88 Å². The summed E-state index contributed by atoms with van der Waals surface area (Å²) in [7, 11) is 3.60. The van der Waals surface area contributed by atoms with E-state index in [0.29, 0.717) is 25.6 Å². The Morgan fingerprint density at radius 1 is 1.47 bits per heavy atom. The van der Waals surface area contributed by atoms with Gasteiger partial charge >= 0.3 is 0 Å². The zero-order chi connectivity index (χ0) is 12.7. The van der Waals surface area contributed by atoms with Crippen LogP contribution in [-0.2, 0) is 4.74 Å². The summed E-state index contributed by atoms with van der Waals surface area (Å²) in [6.07, 6.45) is 0. The van der Waals surface area contributed by atoms with Crippen LogP contribution in [0.5, 0.6) is 5.88 Å². The molecule has 1 aromatic heterocycles. The van der Waals surface area contributed by atoms with Gasteiger partial charge in [0.15, 0.2) is 0 Å². The minimum atomic E-state index is -0.0254. The summed E-state index contributed by atoms with van der Waals surface area (Å²) in [6.45, 7) is 3.78. The highest BCUT2D eigenvalue weighted by Gasteiger charge is 2.09. The Balaban J connectivity index is 2.61. The predicted molar refractivity (Wildman–Crippen MR) is 68.5 cm³/mol. The molecule has 0 radical (unpaired) electrons. The molecule has 0 fully saturated rings. The average Bonchev–Trinajstić information content (AvgIpc) is 2.30. The van der Waals surface area contributed by atoms with Crippen molar-refractivity contribution in [2.75, 3.05) is 38.8 Å². The topological polar surface area (TPSA) is 60.6 Å². The number of pyridine rings is 1. The van der Waals surface area contributed by atoms with Crippen molar-refractivity contribution in [2.24, 2.45) is 5.73 Å². The number of hydrogen-bond acceptors (Lipinski definition) is 5. The number of likely N-dealkylation sites (N-methyl/N-ethyl adjacent to an activating group) is 1. The lowest BCUT2D eigenvalue weighted by Crippen LogP contribution is -2.38. The van der Waals surface area contributed by atoms with E-state index in [0.717, 1.165) is 5.82 Å². The number of aromatic nitrogens is 1. The molecule has 1 aromatic rings. The summed E-state index contributed by atoms with van der Waals surface area (Å²) in [6, 6.07) is 5.67. The second-order valence-corrected chi connectivity index (χ2v) is 3.86. The molecule has 5 nitrogen and oxygen atoms in total. The van der Waals surface area contributed by atoms with Crippen LogP contribution in [0.25, 0.3) is 0 Å². The molecule has 1 atom stereocenters. The second-order valence-electron chi connectivity index (χ2n) is 3.86. The van der Waals surface area contributed by atoms with Crippen molar-refractivity contribution in [2.45, 2.75) is 13.0 Å². The molecule has 0 spiro atoms. The third kappa shape index (κ3) is 4.58. The van der Waals surface area contributed by atoms with E-state index in [1.54, 1.807) is 7.11 Å². The van der Waals surface area contributed by atoms with Crippen LogP contribution < -0.4 is 15.4 Å². The fraction of sp³-hybridized carbons (Fsp3) is 0.583. The Labute approximate surface area is 103 Å². The van der Waals surface area contributed by atoms with Crippen LogP contribution in [0.2, 0.25) is 0 Å². The first-order valence-corrected chi connectivity index (χ1v) is 5.72. The molecule has 0 aromatic carbocycles. The highest BCUT2D eigenvalue weighted by atomic mass is 16.5. The van der Waals surface area contributed by atoms with Crippen LogP contribution in [0.1, 0.15) is 6.92 Å². The number of nitrogens with zero attached hydrogens (tertiary/aromatic N) is 2. The Kier molecular flexibility index (Phi) is 5.72. The maximum atomic E-state index is 5.89. The van der Waals surface area contributed by atoms with Gasteiger partial charge in [-0.2, -0.15) is 4.98 Å². The first-order chi connectivity index (χ1) is 8.17. The normalized spacial score (nSPS) is 12.2. The summed E-state index contributed by atoms with van der Waals surface area (Å²) in [5, 5.41) is 0. The van der Waals surface area contributed by atoms with Crippen molar-refractivity contribution in [3.63, 3.8) is 0 Å². The molecule has 96 valence electrons. The molecule has 5 heteroatoms. The molecule has 1 rings (SSSR count). The number of ether oxygens (including phenoxy) is 2. The first kappa shape index (κ1) is 13.7. The Bertz CT molecular complexity index is 333. The lowest BCUT2D eigenvalue weighted by molar-refractivity contribution is 0.181. The van der Waals surface area contributed by atoms with E-state index in [9.17, 15) is 0 Å². The van der Waals surface area contributed by atoms with Crippen LogP contribution >= 0.6 is 0 Å². The van der Waals surface area contributed by atoms with Gasteiger partial charge in [0, 0.05) is 32.8 Å². The van der Waals surface area contributed by atoms with E-state index >= 15 is 0 Å². The molecule has 0 amide bonds. The summed E-state index contributed by atoms with van der Waals surface area (Å²) in [5.74, 6) is 1.49. The fourth-order valence-corrected chi connectivity index (χ4v) is 1.56. The molecule has 1 unspecified atom stereocenters. The molecule has 0 aliphatic rings. The molecular weight excluding hydrogens is 218 g/mol. The van der Waals surface area contributed by atoms with E-state index in [4.69, 9.17) is 15.2 Å². The molecule has 0 saturated heterocycles. The summed E-state index contributed by atoms with van der Waals surface area (Å²) in [5.41, 5.74) is 5.89. The highest BCUT2D eigenvalue weighted by molar-refractivity contribution is 5.39. The van der Waals surface area contributed by atoms with Crippen molar-refractivity contribution in [1.82, 2.24) is 4.98 Å². The van der Waals surface area contributed by atoms with Crippen molar-refractivity contribution >= 4 is 5.82 Å². The first-order valence-electron chi connectivity index (χ1n) is 5.72. The van der Waals surface area contributed by atoms with E-state index < -0.39 is 0 Å². The number of hydrogen-bond donors (Lipinski definition) is 1. The Morgan fingerprint density at radius 3 is 2.88 bits per heavy atom. The van der Waals surface area contributed by atoms with Crippen LogP contribution in [0.3, 0.4) is 0 Å². The average molecular weight is 239 g/mol. The molecular formula is C12H21N3O2. The van der Waals surface area contributed by atoms with Crippen molar-refractivity contribution in [3.8, 4) is 5.88 Å². The van der Waals surface area contributed by atoms with Crippen LogP contribution in [0.15, 0.2) is 18.2 Å². The zero-order valence-corrected chi connectivity index (χ0v) is 10.7. The minimum absolute atomic E-state index is 0.0254. The van der Waals surface area contributed by atoms with Gasteiger partial charge in [0.1, 0.15) is 5.82 Å². The van der Waals surface area contributed by atoms with Crippen LogP contribution in [-0.4, -0.2) is 44.9 Å². The second kappa shape index (κ2) is 7.09. The van der Waals surface area contributed by atoms with Gasteiger partial charge in [-0.15, -0.1) is 0 Å². The van der Waals surface area contributed by atoms with Crippen molar-refractivity contribution in [3.05, 3.63) is 18.2 Å². The number of methoxy groups -OCH3 is 1. The largest absolute Gasteiger partial charge is 0.478 e. The summed E-state index contributed by atoms with van der Waals surface area (Å²) in [4.78, 5) is 6.38. The van der Waals surface area contributed by atoms with Crippen molar-refractivity contribution in [1.29, 1.82) is 0 Å². The zero-order valence-electron chi connectivity index (χ0n) is 10.7. The third-order valence-corrected chi connectivity index (χ3v) is 2.28. The molecule has 1 heterocycles. The Morgan fingerprint density at radius 2 is 2.24 bits per heavy atom. The van der Waals surface area contributed by atoms with Crippen molar-refractivity contribution < 1.29 is 9.47 Å². The molecule has 0 aliphatic heterocycles. The minimum Gasteiger partial charge on any atom is -0.478 e. The SMILES string of the molecule is CCOc1cccc(N(C)CC(N)COC)n1. The van der Waals surface area contributed by atoms with E-state index in [1.165, 1.54) is 0 Å². The summed E-state index contributed by atoms with van der Waals surface area (Å²) < 4.78 is 10.4. The predicted octanol–water partition coefficient (Wildman–Crippen LogP) is 0.890. The monoisotopic (exact) mass is 239 g/mol. The maximum absolute atomic E-state index is 5.89. The van der Waals surface area contributed by atoms with Crippen LogP contribution in [0, 0.1) is 0 Å². The lowest BCUT2D eigenvalue weighted by atomic mass is 10.3. The van der Waals surface area contributed by atoms with Gasteiger partial charge in [-0.3, -0.25) is 0 Å². The fourth-order valence-electron chi connectivity index (χ4n) is 1.56. The number of nitrogens with two attached hydrogens (primary N) is 1. The van der Waals surface area contributed by atoms with Gasteiger partial charge in [-0.25, -0.2) is 0 Å². The third-order valence-electron chi connectivity index (χ3n) is 2.28. The van der Waals surface area contributed by atoms with Gasteiger partial charge < -0.3 is 20.1 Å². The van der Waals surface area contributed by atoms with Gasteiger partial charge in [0.25, 0.3) is 0 Å². The van der Waals surface area contributed by atoms with Gasteiger partial charge in [-0.05, 0) is 13.0 Å². The molecule has 0 aliphatic carbocycles. The number of rotatable bonds is 7.